The molecule has 1 saturated heterocycles. The number of likely N-dealkylation sites (tertiary alicyclic amines) is 1. The zero-order valence-electron chi connectivity index (χ0n) is 13.0. The Labute approximate surface area is 133 Å². The molecule has 0 bridgehead atoms. The third-order valence-electron chi connectivity index (χ3n) is 4.45. The van der Waals surface area contributed by atoms with Crippen LogP contribution < -0.4 is 0 Å². The quantitative estimate of drug-likeness (QED) is 0.719. The van der Waals surface area contributed by atoms with E-state index >= 15 is 0 Å². The Bertz CT molecular complexity index is 851. The Morgan fingerprint density at radius 3 is 3.04 bits per heavy atom. The summed E-state index contributed by atoms with van der Waals surface area (Å²) in [5.74, 6) is 1.17. The number of aromatic nitrogens is 5. The molecule has 4 heterocycles. The van der Waals surface area contributed by atoms with Crippen molar-refractivity contribution in [3.63, 3.8) is 0 Å². The molecule has 1 atom stereocenters. The average Bonchev–Trinajstić information content (AvgIpc) is 3.20. The van der Waals surface area contributed by atoms with Crippen LogP contribution >= 0.6 is 0 Å². The van der Waals surface area contributed by atoms with Crippen molar-refractivity contribution in [2.75, 3.05) is 13.1 Å². The second-order valence-corrected chi connectivity index (χ2v) is 5.97. The van der Waals surface area contributed by atoms with Crippen LogP contribution in [0.4, 0.5) is 0 Å². The second kappa shape index (κ2) is 5.49. The molecule has 0 saturated carbocycles. The summed E-state index contributed by atoms with van der Waals surface area (Å²) in [6.07, 6.45) is 7.24. The van der Waals surface area contributed by atoms with Gasteiger partial charge in [0.25, 0.3) is 5.91 Å². The molecule has 1 unspecified atom stereocenters. The van der Waals surface area contributed by atoms with Gasteiger partial charge in [0.1, 0.15) is 11.5 Å². The minimum absolute atomic E-state index is 0.0310. The number of carbonyl (C=O) groups is 1. The summed E-state index contributed by atoms with van der Waals surface area (Å²) in [4.78, 5) is 18.6. The van der Waals surface area contributed by atoms with Crippen LogP contribution in [0.15, 0.2) is 36.9 Å². The minimum atomic E-state index is 0.0310. The van der Waals surface area contributed by atoms with Gasteiger partial charge < -0.3 is 9.47 Å². The van der Waals surface area contributed by atoms with Crippen LogP contribution in [0.25, 0.3) is 5.65 Å². The maximum atomic E-state index is 12.7. The highest BCUT2D eigenvalue weighted by atomic mass is 16.2. The number of hydrogen-bond acceptors (Lipinski definition) is 4. The molecule has 0 aliphatic carbocycles. The van der Waals surface area contributed by atoms with E-state index in [1.807, 2.05) is 40.7 Å². The third-order valence-corrected chi connectivity index (χ3v) is 4.45. The topological polar surface area (TPSA) is 68.3 Å². The van der Waals surface area contributed by atoms with Gasteiger partial charge in [-0.25, -0.2) is 4.98 Å². The number of pyridine rings is 1. The number of aryl methyl sites for hydroxylation is 1. The molecule has 7 nitrogen and oxygen atoms in total. The minimum Gasteiger partial charge on any atom is -0.337 e. The van der Waals surface area contributed by atoms with E-state index in [0.29, 0.717) is 12.2 Å². The number of carbonyl (C=O) groups excluding carboxylic acids is 1. The first kappa shape index (κ1) is 13.9. The Kier molecular flexibility index (Phi) is 3.33. The normalized spacial score (nSPS) is 18.5. The lowest BCUT2D eigenvalue weighted by atomic mass is 9.97. The molecule has 0 N–H and O–H groups in total. The van der Waals surface area contributed by atoms with Gasteiger partial charge in [-0.3, -0.25) is 9.20 Å². The molecular weight excluding hydrogens is 292 g/mol. The number of amides is 1. The van der Waals surface area contributed by atoms with E-state index in [1.54, 1.807) is 17.1 Å². The molecule has 0 aromatic carbocycles. The summed E-state index contributed by atoms with van der Waals surface area (Å²) < 4.78 is 3.78. The molecule has 1 fully saturated rings. The molecule has 1 aliphatic rings. The Balaban J connectivity index is 1.60. The summed E-state index contributed by atoms with van der Waals surface area (Å²) in [6.45, 7) is 1.44. The fourth-order valence-corrected chi connectivity index (χ4v) is 3.24. The van der Waals surface area contributed by atoms with Gasteiger partial charge in [-0.1, -0.05) is 6.07 Å². The van der Waals surface area contributed by atoms with Gasteiger partial charge in [0.05, 0.1) is 12.5 Å². The number of hydrogen-bond donors (Lipinski definition) is 0. The maximum Gasteiger partial charge on any atom is 0.272 e. The number of nitrogens with zero attached hydrogens (tertiary/aromatic N) is 6. The van der Waals surface area contributed by atoms with Gasteiger partial charge in [0.2, 0.25) is 0 Å². The molecule has 3 aromatic rings. The van der Waals surface area contributed by atoms with Gasteiger partial charge >= 0.3 is 0 Å². The molecule has 23 heavy (non-hydrogen) atoms. The van der Waals surface area contributed by atoms with E-state index in [9.17, 15) is 4.79 Å². The van der Waals surface area contributed by atoms with Crippen LogP contribution in [-0.4, -0.2) is 48.0 Å². The molecule has 0 radical (unpaired) electrons. The summed E-state index contributed by atoms with van der Waals surface area (Å²) >= 11 is 0. The van der Waals surface area contributed by atoms with Crippen LogP contribution in [0.1, 0.15) is 35.1 Å². The fraction of sp³-hybridized carbons (Fsp3) is 0.375. The number of fused-ring (bicyclic) bond motifs is 1. The van der Waals surface area contributed by atoms with Crippen LogP contribution in [0.2, 0.25) is 0 Å². The monoisotopic (exact) mass is 310 g/mol. The molecular formula is C16H18N6O. The molecule has 1 aliphatic heterocycles. The number of rotatable bonds is 2. The summed E-state index contributed by atoms with van der Waals surface area (Å²) in [6, 6.07) is 5.87. The molecule has 0 spiro atoms. The molecule has 3 aromatic heterocycles. The summed E-state index contributed by atoms with van der Waals surface area (Å²) in [7, 11) is 1.84. The lowest BCUT2D eigenvalue weighted by Gasteiger charge is -2.31. The largest absolute Gasteiger partial charge is 0.337 e. The van der Waals surface area contributed by atoms with Crippen LogP contribution in [-0.2, 0) is 7.05 Å². The maximum absolute atomic E-state index is 12.7. The van der Waals surface area contributed by atoms with Crippen molar-refractivity contribution in [1.29, 1.82) is 0 Å². The van der Waals surface area contributed by atoms with Crippen molar-refractivity contribution in [1.82, 2.24) is 29.0 Å². The van der Waals surface area contributed by atoms with E-state index in [0.717, 1.165) is 30.9 Å². The lowest BCUT2D eigenvalue weighted by Crippen LogP contribution is -2.40. The smallest absolute Gasteiger partial charge is 0.272 e. The van der Waals surface area contributed by atoms with Gasteiger partial charge in [0.15, 0.2) is 5.65 Å². The van der Waals surface area contributed by atoms with E-state index in [4.69, 9.17) is 0 Å². The van der Waals surface area contributed by atoms with Gasteiger partial charge in [-0.15, -0.1) is 10.2 Å². The van der Waals surface area contributed by atoms with E-state index in [-0.39, 0.29) is 11.8 Å². The van der Waals surface area contributed by atoms with Gasteiger partial charge in [-0.2, -0.15) is 0 Å². The molecule has 4 rings (SSSR count). The lowest BCUT2D eigenvalue weighted by molar-refractivity contribution is 0.0694. The zero-order valence-corrected chi connectivity index (χ0v) is 13.0. The fourth-order valence-electron chi connectivity index (χ4n) is 3.24. The van der Waals surface area contributed by atoms with E-state index in [1.165, 1.54) is 0 Å². The SMILES string of the molecule is Cn1cncc1C(=O)N1CCCC(c2nnc3ccccn23)C1. The van der Waals surface area contributed by atoms with Crippen molar-refractivity contribution in [2.45, 2.75) is 18.8 Å². The molecule has 7 heteroatoms. The van der Waals surface area contributed by atoms with Crippen LogP contribution in [0.3, 0.4) is 0 Å². The number of piperidine rings is 1. The average molecular weight is 310 g/mol. The third kappa shape index (κ3) is 2.38. The first-order valence-electron chi connectivity index (χ1n) is 7.79. The van der Waals surface area contributed by atoms with Crippen molar-refractivity contribution in [2.24, 2.45) is 7.05 Å². The Morgan fingerprint density at radius 2 is 2.22 bits per heavy atom. The first-order valence-corrected chi connectivity index (χ1v) is 7.79. The summed E-state index contributed by atoms with van der Waals surface area (Å²) in [5.41, 5.74) is 1.47. The number of imidazole rings is 1. The first-order chi connectivity index (χ1) is 11.2. The van der Waals surface area contributed by atoms with Crippen molar-refractivity contribution in [3.8, 4) is 0 Å². The predicted octanol–water partition coefficient (Wildman–Crippen LogP) is 1.48. The van der Waals surface area contributed by atoms with Crippen molar-refractivity contribution in [3.05, 3.63) is 48.4 Å². The zero-order chi connectivity index (χ0) is 15.8. The second-order valence-electron chi connectivity index (χ2n) is 5.97. The highest BCUT2D eigenvalue weighted by Gasteiger charge is 2.29. The van der Waals surface area contributed by atoms with Gasteiger partial charge in [0, 0.05) is 32.3 Å². The predicted molar refractivity (Wildman–Crippen MR) is 84.1 cm³/mol. The molecule has 118 valence electrons. The van der Waals surface area contributed by atoms with Crippen LogP contribution in [0, 0.1) is 0 Å². The van der Waals surface area contributed by atoms with Gasteiger partial charge in [-0.05, 0) is 25.0 Å². The van der Waals surface area contributed by atoms with E-state index in [2.05, 4.69) is 15.2 Å². The highest BCUT2D eigenvalue weighted by Crippen LogP contribution is 2.26. The Morgan fingerprint density at radius 1 is 1.30 bits per heavy atom. The van der Waals surface area contributed by atoms with E-state index < -0.39 is 0 Å². The summed E-state index contributed by atoms with van der Waals surface area (Å²) in [5, 5.41) is 8.57. The highest BCUT2D eigenvalue weighted by molar-refractivity contribution is 5.92. The standard InChI is InChI=1S/C16H18N6O/c1-20-11-17-9-13(20)16(23)21-7-4-5-12(10-21)15-19-18-14-6-2-3-8-22(14)15/h2-3,6,8-9,11-12H,4-5,7,10H2,1H3. The van der Waals surface area contributed by atoms with Crippen molar-refractivity contribution < 1.29 is 4.79 Å². The van der Waals surface area contributed by atoms with Crippen molar-refractivity contribution >= 4 is 11.6 Å². The molecule has 1 amide bonds. The Hall–Kier alpha value is -2.70. The van der Waals surface area contributed by atoms with Crippen LogP contribution in [0.5, 0.6) is 0 Å².